The number of hydrogen-bond acceptors (Lipinski definition) is 5. The summed E-state index contributed by atoms with van der Waals surface area (Å²) in [5, 5.41) is 5.05. The van der Waals surface area contributed by atoms with Crippen molar-refractivity contribution in [3.8, 4) is 0 Å². The number of rotatable bonds is 9. The molecule has 9 aromatic carbocycles. The lowest BCUT2D eigenvalue weighted by atomic mass is 10.1. The van der Waals surface area contributed by atoms with Crippen LogP contribution in [-0.2, 0) is 0 Å². The van der Waals surface area contributed by atoms with Crippen LogP contribution < -0.4 is 14.7 Å². The van der Waals surface area contributed by atoms with Crippen molar-refractivity contribution in [1.82, 2.24) is 0 Å². The molecule has 2 heterocycles. The van der Waals surface area contributed by atoms with E-state index in [0.717, 1.165) is 51.2 Å². The van der Waals surface area contributed by atoms with Crippen molar-refractivity contribution in [2.75, 3.05) is 14.7 Å². The van der Waals surface area contributed by atoms with Crippen LogP contribution >= 0.6 is 22.7 Å². The molecule has 2 aromatic heterocycles. The lowest BCUT2D eigenvalue weighted by molar-refractivity contribution is 1.26. The van der Waals surface area contributed by atoms with Crippen molar-refractivity contribution in [3.05, 3.63) is 224 Å². The van der Waals surface area contributed by atoms with Gasteiger partial charge in [-0.05, 0) is 103 Å². The minimum Gasteiger partial charge on any atom is -0.310 e. The molecule has 0 radical (unpaired) electrons. The highest BCUT2D eigenvalue weighted by Crippen LogP contribution is 2.50. The quantitative estimate of drug-likeness (QED) is 0.144. The van der Waals surface area contributed by atoms with Gasteiger partial charge < -0.3 is 14.7 Å². The molecular weight excluding hydrogens is 755 g/mol. The number of anilines is 9. The van der Waals surface area contributed by atoms with Gasteiger partial charge >= 0.3 is 0 Å². The molecule has 0 aliphatic carbocycles. The normalized spacial score (nSPS) is 11.4. The summed E-state index contributed by atoms with van der Waals surface area (Å²) >= 11 is 3.73. The molecule has 0 N–H and O–H groups in total. The van der Waals surface area contributed by atoms with Crippen molar-refractivity contribution in [3.63, 3.8) is 0 Å². The second kappa shape index (κ2) is 15.0. The van der Waals surface area contributed by atoms with Crippen molar-refractivity contribution in [2.24, 2.45) is 0 Å². The van der Waals surface area contributed by atoms with Crippen LogP contribution in [0.3, 0.4) is 0 Å². The number of hydrogen-bond donors (Lipinski definition) is 0. The Morgan fingerprint density at radius 1 is 0.237 bits per heavy atom. The fourth-order valence-electron chi connectivity index (χ4n) is 8.38. The number of para-hydroxylation sites is 4. The van der Waals surface area contributed by atoms with Gasteiger partial charge in [0.1, 0.15) is 0 Å². The predicted molar refractivity (Wildman–Crippen MR) is 256 cm³/mol. The Morgan fingerprint density at radius 3 is 1.14 bits per heavy atom. The summed E-state index contributed by atoms with van der Waals surface area (Å²) in [6.45, 7) is 0. The molecule has 0 aliphatic heterocycles. The van der Waals surface area contributed by atoms with E-state index in [1.54, 1.807) is 0 Å². The maximum atomic E-state index is 2.49. The minimum absolute atomic E-state index is 1.09. The van der Waals surface area contributed by atoms with E-state index in [-0.39, 0.29) is 0 Å². The molecule has 280 valence electrons. The number of benzene rings is 9. The average Bonchev–Trinajstić information content (AvgIpc) is 3.88. The molecular formula is C54H37N3S2. The van der Waals surface area contributed by atoms with E-state index in [1.165, 1.54) is 40.3 Å². The van der Waals surface area contributed by atoms with Crippen LogP contribution in [0.1, 0.15) is 0 Å². The van der Waals surface area contributed by atoms with E-state index in [4.69, 9.17) is 0 Å². The van der Waals surface area contributed by atoms with E-state index in [9.17, 15) is 0 Å². The summed E-state index contributed by atoms with van der Waals surface area (Å²) in [6, 6.07) is 80.9. The van der Waals surface area contributed by atoms with E-state index < -0.39 is 0 Å². The van der Waals surface area contributed by atoms with Crippen LogP contribution in [0, 0.1) is 0 Å². The molecule has 11 aromatic rings. The first-order chi connectivity index (χ1) is 29.3. The highest BCUT2D eigenvalue weighted by Gasteiger charge is 2.23. The number of thiophene rings is 2. The molecule has 0 spiro atoms. The molecule has 0 fully saturated rings. The fourth-order valence-corrected chi connectivity index (χ4v) is 10.8. The Hall–Kier alpha value is -7.18. The lowest BCUT2D eigenvalue weighted by Gasteiger charge is -2.30. The third-order valence-electron chi connectivity index (χ3n) is 11.0. The van der Waals surface area contributed by atoms with Gasteiger partial charge in [-0.25, -0.2) is 0 Å². The maximum Gasteiger partial charge on any atom is 0.0640 e. The zero-order chi connectivity index (χ0) is 39.1. The summed E-state index contributed by atoms with van der Waals surface area (Å²) in [6.07, 6.45) is 0. The van der Waals surface area contributed by atoms with Gasteiger partial charge in [0.25, 0.3) is 0 Å². The lowest BCUT2D eigenvalue weighted by Crippen LogP contribution is -2.13. The Morgan fingerprint density at radius 2 is 0.610 bits per heavy atom. The first-order valence-electron chi connectivity index (χ1n) is 19.8. The predicted octanol–water partition coefficient (Wildman–Crippen LogP) is 16.8. The third kappa shape index (κ3) is 6.29. The molecule has 0 amide bonds. The van der Waals surface area contributed by atoms with Crippen molar-refractivity contribution < 1.29 is 0 Å². The molecule has 0 saturated heterocycles. The molecule has 3 nitrogen and oxygen atoms in total. The molecule has 5 heteroatoms. The zero-order valence-corrected chi connectivity index (χ0v) is 33.7. The van der Waals surface area contributed by atoms with Crippen molar-refractivity contribution >= 4 is 114 Å². The third-order valence-corrected chi connectivity index (χ3v) is 13.4. The summed E-state index contributed by atoms with van der Waals surface area (Å²) in [4.78, 5) is 7.18. The van der Waals surface area contributed by atoms with Crippen molar-refractivity contribution in [2.45, 2.75) is 0 Å². The number of nitrogens with zero attached hydrogens (tertiary/aromatic N) is 3. The van der Waals surface area contributed by atoms with Gasteiger partial charge in [0.2, 0.25) is 0 Å². The van der Waals surface area contributed by atoms with Gasteiger partial charge in [0, 0.05) is 70.8 Å². The van der Waals surface area contributed by atoms with Crippen LogP contribution in [0.2, 0.25) is 0 Å². The van der Waals surface area contributed by atoms with Crippen LogP contribution in [-0.4, -0.2) is 0 Å². The van der Waals surface area contributed by atoms with Gasteiger partial charge in [0.05, 0.1) is 20.8 Å². The smallest absolute Gasteiger partial charge is 0.0640 e. The molecule has 0 unspecified atom stereocenters. The van der Waals surface area contributed by atoms with Crippen LogP contribution in [0.4, 0.5) is 51.2 Å². The average molecular weight is 792 g/mol. The number of fused-ring (bicyclic) bond motifs is 6. The monoisotopic (exact) mass is 791 g/mol. The van der Waals surface area contributed by atoms with Crippen LogP contribution in [0.15, 0.2) is 224 Å². The van der Waals surface area contributed by atoms with Crippen molar-refractivity contribution in [1.29, 1.82) is 0 Å². The van der Waals surface area contributed by atoms with Gasteiger partial charge in [-0.2, -0.15) is 0 Å². The van der Waals surface area contributed by atoms with Gasteiger partial charge in [-0.15, -0.1) is 22.7 Å². The largest absolute Gasteiger partial charge is 0.310 e. The Kier molecular flexibility index (Phi) is 8.88. The summed E-state index contributed by atoms with van der Waals surface area (Å²) in [5.41, 5.74) is 10.1. The molecule has 0 atom stereocenters. The SMILES string of the molecule is c1ccc(N(c2ccccc2)c2cccc(N(c3cccc4c3sc3ccccc34)c3cccc4c3sc3ccc(N(c5ccccc5)c5ccccc5)cc34)c2)cc1. The topological polar surface area (TPSA) is 9.72 Å². The Labute approximate surface area is 351 Å². The second-order valence-corrected chi connectivity index (χ2v) is 16.7. The first-order valence-corrected chi connectivity index (χ1v) is 21.5. The van der Waals surface area contributed by atoms with E-state index in [1.807, 2.05) is 22.7 Å². The fraction of sp³-hybridized carbons (Fsp3) is 0. The molecule has 11 rings (SSSR count). The Balaban J connectivity index is 1.13. The van der Waals surface area contributed by atoms with Crippen LogP contribution in [0.5, 0.6) is 0 Å². The van der Waals surface area contributed by atoms with E-state index in [0.29, 0.717) is 0 Å². The second-order valence-electron chi connectivity index (χ2n) is 14.6. The highest BCUT2D eigenvalue weighted by molar-refractivity contribution is 7.27. The van der Waals surface area contributed by atoms with Crippen LogP contribution in [0.25, 0.3) is 40.3 Å². The Bertz CT molecular complexity index is 3150. The summed E-state index contributed by atoms with van der Waals surface area (Å²) < 4.78 is 5.06. The minimum atomic E-state index is 1.09. The van der Waals surface area contributed by atoms with Gasteiger partial charge in [-0.3, -0.25) is 0 Å². The molecule has 59 heavy (non-hydrogen) atoms. The van der Waals surface area contributed by atoms with Gasteiger partial charge in [-0.1, -0.05) is 121 Å². The molecule has 0 saturated carbocycles. The van der Waals surface area contributed by atoms with Gasteiger partial charge in [0.15, 0.2) is 0 Å². The standard InChI is InChI=1S/C54H37N3S2/c1-5-18-38(19-6-1)55(39-20-7-2-8-21-39)42-26-15-27-43(36-42)57(49-31-16-29-46-45-28-13-14-33-51(45)58-53(46)49)50-32-17-30-47-48-37-44(34-35-52(48)59-54(47)50)56(40-22-9-3-10-23-40)41-24-11-4-12-25-41/h1-37H. The molecule has 0 aliphatic rings. The zero-order valence-electron chi connectivity index (χ0n) is 32.0. The first kappa shape index (κ1) is 35.0. The highest BCUT2D eigenvalue weighted by atomic mass is 32.1. The maximum absolute atomic E-state index is 2.49. The van der Waals surface area contributed by atoms with E-state index >= 15 is 0 Å². The summed E-state index contributed by atoms with van der Waals surface area (Å²) in [5.74, 6) is 0. The van der Waals surface area contributed by atoms with E-state index in [2.05, 4.69) is 239 Å². The molecule has 0 bridgehead atoms. The summed E-state index contributed by atoms with van der Waals surface area (Å²) in [7, 11) is 0.